The smallest absolute Gasteiger partial charge is 0.314 e. The van der Waals surface area contributed by atoms with E-state index in [0.717, 1.165) is 20.2 Å². The Morgan fingerprint density at radius 2 is 1.70 bits per heavy atom. The third-order valence-electron chi connectivity index (χ3n) is 2.48. The molecule has 0 heterocycles. The van der Waals surface area contributed by atoms with Gasteiger partial charge in [0.1, 0.15) is 0 Å². The van der Waals surface area contributed by atoms with Gasteiger partial charge >= 0.3 is 6.03 Å². The average molecular weight is 396 g/mol. The maximum atomic E-state index is 11.7. The van der Waals surface area contributed by atoms with Crippen molar-refractivity contribution < 1.29 is 4.79 Å². The normalized spacial score (nSPS) is 10.5. The summed E-state index contributed by atoms with van der Waals surface area (Å²) in [6.07, 6.45) is 3.43. The molecule has 2 amide bonds. The van der Waals surface area contributed by atoms with Gasteiger partial charge in [0, 0.05) is 15.1 Å². The van der Waals surface area contributed by atoms with Crippen LogP contribution in [0.4, 0.5) is 10.5 Å². The number of hydrogen-bond donors (Lipinski definition) is 2. The molecule has 0 radical (unpaired) electrons. The molecule has 2 aromatic carbocycles. The lowest BCUT2D eigenvalue weighted by Crippen LogP contribution is -2.23. The van der Waals surface area contributed by atoms with Crippen molar-refractivity contribution in [3.63, 3.8) is 0 Å². The molecule has 5 heteroatoms. The molecule has 0 aromatic heterocycles. The van der Waals surface area contributed by atoms with Crippen LogP contribution in [0.25, 0.3) is 6.08 Å². The number of halogens is 2. The summed E-state index contributed by atoms with van der Waals surface area (Å²) >= 11 is 6.74. The molecular formula is C15H12Br2N2O. The fourth-order valence-corrected chi connectivity index (χ4v) is 2.16. The molecule has 2 aromatic rings. The summed E-state index contributed by atoms with van der Waals surface area (Å²) in [6, 6.07) is 14.9. The Bertz CT molecular complexity index is 624. The molecule has 2 N–H and O–H groups in total. The highest BCUT2D eigenvalue weighted by atomic mass is 79.9. The standard InChI is InChI=1S/C15H12Br2N2O/c16-12-7-5-11(6-8-12)9-10-18-15(20)19-14-4-2-1-3-13(14)17/h1-10H,(H2,18,19,20)/b10-9+. The van der Waals surface area contributed by atoms with Crippen LogP contribution in [0.2, 0.25) is 0 Å². The molecule has 0 aliphatic rings. The van der Waals surface area contributed by atoms with Gasteiger partial charge in [-0.3, -0.25) is 0 Å². The molecule has 0 saturated heterocycles. The SMILES string of the molecule is O=C(N/C=C/c1ccc(Br)cc1)Nc1ccccc1Br. The lowest BCUT2D eigenvalue weighted by Gasteiger charge is -2.06. The van der Waals surface area contributed by atoms with E-state index in [9.17, 15) is 4.79 Å². The predicted molar refractivity (Wildman–Crippen MR) is 89.5 cm³/mol. The molecule has 0 aliphatic carbocycles. The fraction of sp³-hybridized carbons (Fsp3) is 0. The van der Waals surface area contributed by atoms with Crippen molar-refractivity contribution in [1.29, 1.82) is 0 Å². The number of amides is 2. The lowest BCUT2D eigenvalue weighted by molar-refractivity contribution is 0.255. The second-order valence-corrected chi connectivity index (χ2v) is 5.73. The molecule has 2 rings (SSSR count). The van der Waals surface area contributed by atoms with Crippen LogP contribution in [0.15, 0.2) is 63.7 Å². The second-order valence-electron chi connectivity index (χ2n) is 3.96. The zero-order valence-corrected chi connectivity index (χ0v) is 13.6. The summed E-state index contributed by atoms with van der Waals surface area (Å²) in [5, 5.41) is 5.41. The quantitative estimate of drug-likeness (QED) is 0.753. The van der Waals surface area contributed by atoms with Crippen LogP contribution in [-0.4, -0.2) is 6.03 Å². The van der Waals surface area contributed by atoms with Crippen molar-refractivity contribution in [1.82, 2.24) is 5.32 Å². The third kappa shape index (κ3) is 4.51. The van der Waals surface area contributed by atoms with Crippen molar-refractivity contribution in [3.8, 4) is 0 Å². The zero-order valence-electron chi connectivity index (χ0n) is 10.4. The summed E-state index contributed by atoms with van der Waals surface area (Å²) in [7, 11) is 0. The van der Waals surface area contributed by atoms with Crippen LogP contribution in [0.5, 0.6) is 0 Å². The number of anilines is 1. The number of para-hydroxylation sites is 1. The van der Waals surface area contributed by atoms with Crippen molar-refractivity contribution in [2.24, 2.45) is 0 Å². The Balaban J connectivity index is 1.89. The number of nitrogens with one attached hydrogen (secondary N) is 2. The van der Waals surface area contributed by atoms with E-state index < -0.39 is 0 Å². The van der Waals surface area contributed by atoms with Crippen LogP contribution >= 0.6 is 31.9 Å². The number of benzene rings is 2. The predicted octanol–water partition coefficient (Wildman–Crippen LogP) is 5.00. The largest absolute Gasteiger partial charge is 0.323 e. The molecule has 102 valence electrons. The summed E-state index contributed by atoms with van der Waals surface area (Å²) in [6.45, 7) is 0. The summed E-state index contributed by atoms with van der Waals surface area (Å²) < 4.78 is 1.86. The van der Waals surface area contributed by atoms with Crippen molar-refractivity contribution >= 4 is 49.7 Å². The van der Waals surface area contributed by atoms with Crippen LogP contribution in [0, 0.1) is 0 Å². The number of carbonyl (C=O) groups excluding carboxylic acids is 1. The first-order valence-electron chi connectivity index (χ1n) is 5.89. The Labute approximate surface area is 134 Å². The van der Waals surface area contributed by atoms with Gasteiger partial charge in [-0.2, -0.15) is 0 Å². The molecule has 0 spiro atoms. The minimum atomic E-state index is -0.287. The molecular weight excluding hydrogens is 384 g/mol. The minimum Gasteiger partial charge on any atom is -0.314 e. The van der Waals surface area contributed by atoms with E-state index >= 15 is 0 Å². The molecule has 0 aliphatic heterocycles. The van der Waals surface area contributed by atoms with Gasteiger partial charge in [-0.1, -0.05) is 40.2 Å². The van der Waals surface area contributed by atoms with Crippen LogP contribution in [-0.2, 0) is 0 Å². The van der Waals surface area contributed by atoms with Crippen molar-refractivity contribution in [2.75, 3.05) is 5.32 Å². The Morgan fingerprint density at radius 1 is 1.00 bits per heavy atom. The highest BCUT2D eigenvalue weighted by Crippen LogP contribution is 2.20. The molecule has 0 unspecified atom stereocenters. The van der Waals surface area contributed by atoms with Gasteiger partial charge in [0.25, 0.3) is 0 Å². The average Bonchev–Trinajstić information content (AvgIpc) is 2.44. The maximum absolute atomic E-state index is 11.7. The second kappa shape index (κ2) is 7.26. The van der Waals surface area contributed by atoms with E-state index in [1.54, 1.807) is 6.20 Å². The third-order valence-corrected chi connectivity index (χ3v) is 3.70. The monoisotopic (exact) mass is 394 g/mol. The number of rotatable bonds is 3. The Kier molecular flexibility index (Phi) is 5.38. The minimum absolute atomic E-state index is 0.287. The first-order chi connectivity index (χ1) is 9.65. The van der Waals surface area contributed by atoms with Crippen molar-refractivity contribution in [2.45, 2.75) is 0 Å². The van der Waals surface area contributed by atoms with Crippen LogP contribution < -0.4 is 10.6 Å². The van der Waals surface area contributed by atoms with Gasteiger partial charge in [0.2, 0.25) is 0 Å². The summed E-state index contributed by atoms with van der Waals surface area (Å²) in [4.78, 5) is 11.7. The first kappa shape index (κ1) is 14.8. The van der Waals surface area contributed by atoms with Gasteiger partial charge in [0.05, 0.1) is 5.69 Å². The Morgan fingerprint density at radius 3 is 2.40 bits per heavy atom. The molecule has 20 heavy (non-hydrogen) atoms. The van der Waals surface area contributed by atoms with E-state index in [0.29, 0.717) is 0 Å². The molecule has 0 fully saturated rings. The van der Waals surface area contributed by atoms with Crippen LogP contribution in [0.1, 0.15) is 5.56 Å². The van der Waals surface area contributed by atoms with Crippen LogP contribution in [0.3, 0.4) is 0 Å². The number of carbonyl (C=O) groups is 1. The molecule has 3 nitrogen and oxygen atoms in total. The van der Waals surface area contributed by atoms with Crippen molar-refractivity contribution in [3.05, 3.63) is 69.2 Å². The first-order valence-corrected chi connectivity index (χ1v) is 7.48. The molecule has 0 bridgehead atoms. The zero-order chi connectivity index (χ0) is 14.4. The van der Waals surface area contributed by atoms with E-state index in [2.05, 4.69) is 42.5 Å². The van der Waals surface area contributed by atoms with Gasteiger partial charge in [-0.25, -0.2) is 4.79 Å². The number of urea groups is 1. The maximum Gasteiger partial charge on any atom is 0.323 e. The topological polar surface area (TPSA) is 41.1 Å². The highest BCUT2D eigenvalue weighted by molar-refractivity contribution is 9.10. The van der Waals surface area contributed by atoms with E-state index in [1.165, 1.54) is 0 Å². The van der Waals surface area contributed by atoms with E-state index in [-0.39, 0.29) is 6.03 Å². The summed E-state index contributed by atoms with van der Waals surface area (Å²) in [5.74, 6) is 0. The van der Waals surface area contributed by atoms with E-state index in [1.807, 2.05) is 54.6 Å². The van der Waals surface area contributed by atoms with E-state index in [4.69, 9.17) is 0 Å². The highest BCUT2D eigenvalue weighted by Gasteiger charge is 2.01. The van der Waals surface area contributed by atoms with Gasteiger partial charge in [0.15, 0.2) is 0 Å². The summed E-state index contributed by atoms with van der Waals surface area (Å²) in [5.41, 5.74) is 1.73. The van der Waals surface area contributed by atoms with Gasteiger partial charge < -0.3 is 10.6 Å². The van der Waals surface area contributed by atoms with Gasteiger partial charge in [-0.15, -0.1) is 0 Å². The van der Waals surface area contributed by atoms with Gasteiger partial charge in [-0.05, 0) is 51.8 Å². The lowest BCUT2D eigenvalue weighted by atomic mass is 10.2. The fourth-order valence-electron chi connectivity index (χ4n) is 1.51. The molecule has 0 saturated carbocycles. The Hall–Kier alpha value is -1.59. The molecule has 0 atom stereocenters. The number of hydrogen-bond acceptors (Lipinski definition) is 1.